The topological polar surface area (TPSA) is 91.0 Å². The van der Waals surface area contributed by atoms with Crippen molar-refractivity contribution in [2.24, 2.45) is 0 Å². The number of carbonyl (C=O) groups excluding carboxylic acids is 3. The first-order valence-corrected chi connectivity index (χ1v) is 11.5. The molecule has 1 aliphatic rings. The molecule has 8 heteroatoms. The van der Waals surface area contributed by atoms with Crippen LogP contribution in [0.5, 0.6) is 0 Å². The number of benzene rings is 2. The highest BCUT2D eigenvalue weighted by atomic mass is 16.6. The SMILES string of the molecule is CN1CCN(C(=O)c2ccc(NC(=O)C(Cc3ccccc3)NC(=O)OC(C)(C)C)cc2)CC1. The Hall–Kier alpha value is -3.39. The van der Waals surface area contributed by atoms with Gasteiger partial charge in [-0.3, -0.25) is 9.59 Å². The van der Waals surface area contributed by atoms with Gasteiger partial charge in [-0.1, -0.05) is 30.3 Å². The van der Waals surface area contributed by atoms with Crippen LogP contribution in [0.1, 0.15) is 36.7 Å². The second-order valence-electron chi connectivity index (χ2n) is 9.55. The molecule has 0 aliphatic carbocycles. The lowest BCUT2D eigenvalue weighted by Gasteiger charge is -2.32. The summed E-state index contributed by atoms with van der Waals surface area (Å²) in [6.45, 7) is 8.41. The minimum Gasteiger partial charge on any atom is -0.444 e. The number of ether oxygens (including phenoxy) is 1. The average Bonchev–Trinajstić information content (AvgIpc) is 2.78. The zero-order valence-corrected chi connectivity index (χ0v) is 20.3. The summed E-state index contributed by atoms with van der Waals surface area (Å²) in [5, 5.41) is 5.52. The molecule has 34 heavy (non-hydrogen) atoms. The molecule has 1 heterocycles. The van der Waals surface area contributed by atoms with E-state index in [-0.39, 0.29) is 11.8 Å². The molecule has 0 aromatic heterocycles. The van der Waals surface area contributed by atoms with Crippen molar-refractivity contribution in [3.63, 3.8) is 0 Å². The highest BCUT2D eigenvalue weighted by molar-refractivity contribution is 5.98. The molecule has 1 atom stereocenters. The Morgan fingerprint density at radius 2 is 1.56 bits per heavy atom. The molecule has 2 N–H and O–H groups in total. The molecule has 182 valence electrons. The van der Waals surface area contributed by atoms with Gasteiger partial charge in [0.25, 0.3) is 5.91 Å². The van der Waals surface area contributed by atoms with E-state index in [0.717, 1.165) is 18.7 Å². The quantitative estimate of drug-likeness (QED) is 0.683. The summed E-state index contributed by atoms with van der Waals surface area (Å²) in [5.74, 6) is -0.382. The third-order valence-corrected chi connectivity index (χ3v) is 5.48. The molecule has 1 aliphatic heterocycles. The van der Waals surface area contributed by atoms with Gasteiger partial charge in [0.1, 0.15) is 11.6 Å². The van der Waals surface area contributed by atoms with Gasteiger partial charge in [0.15, 0.2) is 0 Å². The first-order valence-electron chi connectivity index (χ1n) is 11.5. The van der Waals surface area contributed by atoms with E-state index in [2.05, 4.69) is 15.5 Å². The summed E-state index contributed by atoms with van der Waals surface area (Å²) in [6, 6.07) is 15.5. The number of likely N-dealkylation sites (N-methyl/N-ethyl adjacent to an activating group) is 1. The third-order valence-electron chi connectivity index (χ3n) is 5.48. The van der Waals surface area contributed by atoms with E-state index in [0.29, 0.717) is 30.8 Å². The van der Waals surface area contributed by atoms with Crippen molar-refractivity contribution < 1.29 is 19.1 Å². The summed E-state index contributed by atoms with van der Waals surface area (Å²) in [5.41, 5.74) is 1.36. The fourth-order valence-corrected chi connectivity index (χ4v) is 3.63. The zero-order chi connectivity index (χ0) is 24.7. The van der Waals surface area contributed by atoms with Crippen LogP contribution in [0.25, 0.3) is 0 Å². The highest BCUT2D eigenvalue weighted by Gasteiger charge is 2.25. The maximum atomic E-state index is 13.1. The molecule has 8 nitrogen and oxygen atoms in total. The van der Waals surface area contributed by atoms with E-state index >= 15 is 0 Å². The number of nitrogens with one attached hydrogen (secondary N) is 2. The maximum Gasteiger partial charge on any atom is 0.408 e. The monoisotopic (exact) mass is 466 g/mol. The Bertz CT molecular complexity index is 978. The summed E-state index contributed by atoms with van der Waals surface area (Å²) < 4.78 is 5.34. The average molecular weight is 467 g/mol. The van der Waals surface area contributed by atoms with Crippen LogP contribution >= 0.6 is 0 Å². The van der Waals surface area contributed by atoms with E-state index in [1.165, 1.54) is 0 Å². The molecule has 2 aromatic carbocycles. The molecule has 1 fully saturated rings. The van der Waals surface area contributed by atoms with Gasteiger partial charge in [-0.05, 0) is 57.6 Å². The van der Waals surface area contributed by atoms with Gasteiger partial charge in [0.05, 0.1) is 0 Å². The minimum absolute atomic E-state index is 0.0143. The first-order chi connectivity index (χ1) is 16.1. The number of hydrogen-bond donors (Lipinski definition) is 2. The summed E-state index contributed by atoms with van der Waals surface area (Å²) >= 11 is 0. The largest absolute Gasteiger partial charge is 0.444 e. The molecular weight excluding hydrogens is 432 g/mol. The van der Waals surface area contributed by atoms with E-state index in [1.54, 1.807) is 45.0 Å². The van der Waals surface area contributed by atoms with E-state index in [1.807, 2.05) is 42.3 Å². The summed E-state index contributed by atoms with van der Waals surface area (Å²) in [6.07, 6.45) is -0.344. The second-order valence-corrected chi connectivity index (χ2v) is 9.55. The fraction of sp³-hybridized carbons (Fsp3) is 0.423. The van der Waals surface area contributed by atoms with Crippen molar-refractivity contribution >= 4 is 23.6 Å². The molecule has 0 bridgehead atoms. The van der Waals surface area contributed by atoms with Gasteiger partial charge in [-0.2, -0.15) is 0 Å². The number of anilines is 1. The lowest BCUT2D eigenvalue weighted by molar-refractivity contribution is -0.118. The predicted molar refractivity (Wildman–Crippen MR) is 132 cm³/mol. The summed E-state index contributed by atoms with van der Waals surface area (Å²) in [4.78, 5) is 42.2. The number of carbonyl (C=O) groups is 3. The Balaban J connectivity index is 1.66. The Kier molecular flexibility index (Phi) is 8.28. The standard InChI is InChI=1S/C26H34N4O4/c1-26(2,3)34-25(33)28-22(18-19-8-6-5-7-9-19)23(31)27-21-12-10-20(11-13-21)24(32)30-16-14-29(4)15-17-30/h5-13,22H,14-18H2,1-4H3,(H,27,31)(H,28,33). The Labute approximate surface area is 201 Å². The molecule has 2 aromatic rings. The molecule has 0 radical (unpaired) electrons. The minimum atomic E-state index is -0.830. The lowest BCUT2D eigenvalue weighted by atomic mass is 10.1. The predicted octanol–water partition coefficient (Wildman–Crippen LogP) is 3.15. The van der Waals surface area contributed by atoms with Gasteiger partial charge in [0.2, 0.25) is 5.91 Å². The highest BCUT2D eigenvalue weighted by Crippen LogP contribution is 2.15. The van der Waals surface area contributed by atoms with Crippen LogP contribution in [0.15, 0.2) is 54.6 Å². The summed E-state index contributed by atoms with van der Waals surface area (Å²) in [7, 11) is 2.04. The van der Waals surface area contributed by atoms with Crippen LogP contribution < -0.4 is 10.6 Å². The number of rotatable bonds is 6. The van der Waals surface area contributed by atoms with Crippen molar-refractivity contribution in [3.8, 4) is 0 Å². The third kappa shape index (κ3) is 7.59. The number of amides is 3. The van der Waals surface area contributed by atoms with Crippen LogP contribution in [0.3, 0.4) is 0 Å². The number of nitrogens with zero attached hydrogens (tertiary/aromatic N) is 2. The maximum absolute atomic E-state index is 13.1. The normalized spacial score (nSPS) is 15.4. The van der Waals surface area contributed by atoms with E-state index in [4.69, 9.17) is 4.74 Å². The zero-order valence-electron chi connectivity index (χ0n) is 20.3. The van der Waals surface area contributed by atoms with Crippen LogP contribution in [-0.4, -0.2) is 72.6 Å². The lowest BCUT2D eigenvalue weighted by Crippen LogP contribution is -2.47. The van der Waals surface area contributed by atoms with Crippen molar-refractivity contribution in [3.05, 3.63) is 65.7 Å². The van der Waals surface area contributed by atoms with Gasteiger partial charge in [0, 0.05) is 43.9 Å². The Morgan fingerprint density at radius 1 is 0.941 bits per heavy atom. The second kappa shape index (κ2) is 11.2. The van der Waals surface area contributed by atoms with E-state index in [9.17, 15) is 14.4 Å². The molecule has 3 amide bonds. The molecule has 1 saturated heterocycles. The van der Waals surface area contributed by atoms with E-state index < -0.39 is 17.7 Å². The van der Waals surface area contributed by atoms with Crippen molar-refractivity contribution in [1.82, 2.24) is 15.1 Å². The van der Waals surface area contributed by atoms with Crippen molar-refractivity contribution in [2.75, 3.05) is 38.5 Å². The van der Waals surface area contributed by atoms with Crippen molar-refractivity contribution in [1.29, 1.82) is 0 Å². The van der Waals surface area contributed by atoms with Gasteiger partial charge >= 0.3 is 6.09 Å². The molecule has 0 saturated carbocycles. The number of piperazine rings is 1. The van der Waals surface area contributed by atoms with Crippen LogP contribution in [0, 0.1) is 0 Å². The molecule has 0 spiro atoms. The number of hydrogen-bond acceptors (Lipinski definition) is 5. The molecular formula is C26H34N4O4. The molecule has 3 rings (SSSR count). The van der Waals surface area contributed by atoms with Crippen molar-refractivity contribution in [2.45, 2.75) is 38.8 Å². The smallest absolute Gasteiger partial charge is 0.408 e. The van der Waals surface area contributed by atoms with Gasteiger partial charge in [-0.25, -0.2) is 4.79 Å². The van der Waals surface area contributed by atoms with Crippen LogP contribution in [-0.2, 0) is 16.0 Å². The molecule has 1 unspecified atom stereocenters. The number of alkyl carbamates (subject to hydrolysis) is 1. The van der Waals surface area contributed by atoms with Crippen LogP contribution in [0.2, 0.25) is 0 Å². The van der Waals surface area contributed by atoms with Gasteiger partial charge < -0.3 is 25.2 Å². The Morgan fingerprint density at radius 3 is 2.15 bits per heavy atom. The van der Waals surface area contributed by atoms with Crippen LogP contribution in [0.4, 0.5) is 10.5 Å². The first kappa shape index (κ1) is 25.2. The fourth-order valence-electron chi connectivity index (χ4n) is 3.63. The van der Waals surface area contributed by atoms with Gasteiger partial charge in [-0.15, -0.1) is 0 Å².